The van der Waals surface area contributed by atoms with E-state index in [2.05, 4.69) is 34.8 Å². The van der Waals surface area contributed by atoms with Gasteiger partial charge in [-0.1, -0.05) is 13.8 Å². The average Bonchev–Trinajstić information content (AvgIpc) is 2.60. The molecule has 0 bridgehead atoms. The molecule has 0 fully saturated rings. The molecule has 0 heterocycles. The lowest BCUT2D eigenvalue weighted by molar-refractivity contribution is -0.115. The zero-order valence-electron chi connectivity index (χ0n) is 15.2. The Labute approximate surface area is 151 Å². The van der Waals surface area contributed by atoms with Crippen LogP contribution in [-0.4, -0.2) is 45.2 Å². The maximum atomic E-state index is 13.5. The monoisotopic (exact) mass is 374 g/mol. The third kappa shape index (κ3) is 7.73. The van der Waals surface area contributed by atoms with Gasteiger partial charge in [-0.05, 0) is 24.5 Å². The molecular weight excluding hydrogens is 349 g/mol. The van der Waals surface area contributed by atoms with Gasteiger partial charge in [-0.2, -0.15) is 0 Å². The first-order valence-corrected chi connectivity index (χ1v) is 8.30. The summed E-state index contributed by atoms with van der Waals surface area (Å²) in [6, 6.07) is 1.69. The van der Waals surface area contributed by atoms with Crippen molar-refractivity contribution in [2.24, 2.45) is 10.9 Å². The summed E-state index contributed by atoms with van der Waals surface area (Å²) in [7, 11) is 1.53. The molecule has 0 atom stereocenters. The highest BCUT2D eigenvalue weighted by atomic mass is 19.2. The molecule has 0 radical (unpaired) electrons. The SMILES string of the molecule is CN=C(NCCOCCC(C)C)NCC(=O)Nc1ccc(F)c(F)c1F. The van der Waals surface area contributed by atoms with Crippen molar-refractivity contribution in [3.63, 3.8) is 0 Å². The number of anilines is 1. The third-order valence-electron chi connectivity index (χ3n) is 3.33. The second-order valence-electron chi connectivity index (χ2n) is 5.92. The summed E-state index contributed by atoms with van der Waals surface area (Å²) in [4.78, 5) is 15.7. The number of ether oxygens (including phenoxy) is 1. The minimum atomic E-state index is -1.63. The first-order valence-electron chi connectivity index (χ1n) is 8.30. The van der Waals surface area contributed by atoms with Crippen LogP contribution in [0.1, 0.15) is 20.3 Å². The lowest BCUT2D eigenvalue weighted by atomic mass is 10.1. The lowest BCUT2D eigenvalue weighted by Crippen LogP contribution is -2.42. The molecule has 0 aliphatic carbocycles. The van der Waals surface area contributed by atoms with Gasteiger partial charge in [0, 0.05) is 20.2 Å². The molecule has 146 valence electrons. The van der Waals surface area contributed by atoms with Gasteiger partial charge < -0.3 is 20.7 Å². The highest BCUT2D eigenvalue weighted by Gasteiger charge is 2.15. The number of carbonyl (C=O) groups excluding carboxylic acids is 1. The van der Waals surface area contributed by atoms with E-state index in [9.17, 15) is 18.0 Å². The van der Waals surface area contributed by atoms with Crippen molar-refractivity contribution in [3.8, 4) is 0 Å². The fourth-order valence-electron chi connectivity index (χ4n) is 1.86. The maximum absolute atomic E-state index is 13.5. The number of nitrogens with zero attached hydrogens (tertiary/aromatic N) is 1. The van der Waals surface area contributed by atoms with Gasteiger partial charge in [0.25, 0.3) is 0 Å². The molecule has 3 N–H and O–H groups in total. The van der Waals surface area contributed by atoms with Crippen LogP contribution in [0.3, 0.4) is 0 Å². The van der Waals surface area contributed by atoms with Gasteiger partial charge >= 0.3 is 0 Å². The largest absolute Gasteiger partial charge is 0.380 e. The minimum Gasteiger partial charge on any atom is -0.380 e. The molecule has 0 saturated carbocycles. The molecule has 6 nitrogen and oxygen atoms in total. The van der Waals surface area contributed by atoms with Crippen molar-refractivity contribution in [1.29, 1.82) is 0 Å². The van der Waals surface area contributed by atoms with E-state index >= 15 is 0 Å². The fraction of sp³-hybridized carbons (Fsp3) is 0.529. The van der Waals surface area contributed by atoms with E-state index in [1.165, 1.54) is 7.05 Å². The summed E-state index contributed by atoms with van der Waals surface area (Å²) in [5, 5.41) is 7.84. The smallest absolute Gasteiger partial charge is 0.243 e. The van der Waals surface area contributed by atoms with E-state index < -0.39 is 29.0 Å². The van der Waals surface area contributed by atoms with E-state index in [0.29, 0.717) is 31.6 Å². The standard InChI is InChI=1S/C17H25F3N4O2/c1-11(2)6-8-26-9-7-22-17(21-3)23-10-14(25)24-13-5-4-12(18)15(19)16(13)20/h4-5,11H,6-10H2,1-3H3,(H,24,25)(H2,21,22,23). The van der Waals surface area contributed by atoms with Crippen LogP contribution < -0.4 is 16.0 Å². The van der Waals surface area contributed by atoms with Crippen LogP contribution in [0.25, 0.3) is 0 Å². The van der Waals surface area contributed by atoms with E-state index in [0.717, 1.165) is 18.6 Å². The molecule has 0 aromatic heterocycles. The highest BCUT2D eigenvalue weighted by Crippen LogP contribution is 2.19. The molecule has 9 heteroatoms. The van der Waals surface area contributed by atoms with Gasteiger partial charge in [0.2, 0.25) is 5.91 Å². The third-order valence-corrected chi connectivity index (χ3v) is 3.33. The maximum Gasteiger partial charge on any atom is 0.243 e. The van der Waals surface area contributed by atoms with Gasteiger partial charge in [-0.25, -0.2) is 13.2 Å². The molecular formula is C17H25F3N4O2. The molecule has 26 heavy (non-hydrogen) atoms. The Morgan fingerprint density at radius 1 is 1.15 bits per heavy atom. The number of carbonyl (C=O) groups is 1. The van der Waals surface area contributed by atoms with E-state index in [4.69, 9.17) is 4.74 Å². The van der Waals surface area contributed by atoms with Crippen LogP contribution in [0.15, 0.2) is 17.1 Å². The second kappa shape index (κ2) is 11.3. The molecule has 0 spiro atoms. The van der Waals surface area contributed by atoms with Crippen molar-refractivity contribution in [3.05, 3.63) is 29.6 Å². The molecule has 1 aromatic rings. The summed E-state index contributed by atoms with van der Waals surface area (Å²) in [5.41, 5.74) is -0.433. The number of halogens is 3. The molecule has 0 unspecified atom stereocenters. The Morgan fingerprint density at radius 3 is 2.54 bits per heavy atom. The Balaban J connectivity index is 2.33. The lowest BCUT2D eigenvalue weighted by Gasteiger charge is -2.13. The number of nitrogens with one attached hydrogen (secondary N) is 3. The molecule has 1 aromatic carbocycles. The fourth-order valence-corrected chi connectivity index (χ4v) is 1.86. The average molecular weight is 374 g/mol. The molecule has 0 saturated heterocycles. The summed E-state index contributed by atoms with van der Waals surface area (Å²) in [5.74, 6) is -4.09. The number of hydrogen-bond donors (Lipinski definition) is 3. The van der Waals surface area contributed by atoms with E-state index in [1.807, 2.05) is 0 Å². The number of amides is 1. The predicted molar refractivity (Wildman–Crippen MR) is 94.6 cm³/mol. The number of guanidine groups is 1. The zero-order chi connectivity index (χ0) is 19.5. The number of aliphatic imine (C=N–C) groups is 1. The van der Waals surface area contributed by atoms with Gasteiger partial charge in [-0.3, -0.25) is 9.79 Å². The topological polar surface area (TPSA) is 74.8 Å². The van der Waals surface area contributed by atoms with Crippen molar-refractivity contribution >= 4 is 17.6 Å². The van der Waals surface area contributed by atoms with Crippen molar-refractivity contribution < 1.29 is 22.7 Å². The summed E-state index contributed by atoms with van der Waals surface area (Å²) >= 11 is 0. The summed E-state index contributed by atoms with van der Waals surface area (Å²) < 4.78 is 44.9. The van der Waals surface area contributed by atoms with E-state index in [-0.39, 0.29) is 6.54 Å². The van der Waals surface area contributed by atoms with Crippen LogP contribution in [-0.2, 0) is 9.53 Å². The van der Waals surface area contributed by atoms with Crippen molar-refractivity contribution in [2.45, 2.75) is 20.3 Å². The quantitative estimate of drug-likeness (QED) is 0.268. The van der Waals surface area contributed by atoms with Crippen LogP contribution in [0.4, 0.5) is 18.9 Å². The Morgan fingerprint density at radius 2 is 1.88 bits per heavy atom. The van der Waals surface area contributed by atoms with E-state index in [1.54, 1.807) is 0 Å². The Kier molecular flexibility index (Phi) is 9.50. The first kappa shape index (κ1) is 21.8. The first-order chi connectivity index (χ1) is 12.3. The van der Waals surface area contributed by atoms with Crippen LogP contribution in [0.2, 0.25) is 0 Å². The summed E-state index contributed by atoms with van der Waals surface area (Å²) in [6.45, 7) is 5.66. The van der Waals surface area contributed by atoms with Crippen molar-refractivity contribution in [2.75, 3.05) is 38.7 Å². The van der Waals surface area contributed by atoms with Crippen LogP contribution in [0, 0.1) is 23.4 Å². The normalized spacial score (nSPS) is 11.6. The predicted octanol–water partition coefficient (Wildman–Crippen LogP) is 2.27. The Bertz CT molecular complexity index is 624. The number of hydrogen-bond acceptors (Lipinski definition) is 3. The second-order valence-corrected chi connectivity index (χ2v) is 5.92. The minimum absolute atomic E-state index is 0.230. The van der Waals surface area contributed by atoms with Crippen LogP contribution in [0.5, 0.6) is 0 Å². The van der Waals surface area contributed by atoms with Crippen molar-refractivity contribution in [1.82, 2.24) is 10.6 Å². The zero-order valence-corrected chi connectivity index (χ0v) is 15.2. The summed E-state index contributed by atoms with van der Waals surface area (Å²) in [6.07, 6.45) is 0.980. The molecule has 1 rings (SSSR count). The number of benzene rings is 1. The highest BCUT2D eigenvalue weighted by molar-refractivity contribution is 5.95. The molecule has 0 aliphatic rings. The van der Waals surface area contributed by atoms with Gasteiger partial charge in [0.15, 0.2) is 23.4 Å². The Hall–Kier alpha value is -2.29. The van der Waals surface area contributed by atoms with Crippen LogP contribution >= 0.6 is 0 Å². The van der Waals surface area contributed by atoms with Gasteiger partial charge in [-0.15, -0.1) is 0 Å². The number of rotatable bonds is 9. The molecule has 1 amide bonds. The van der Waals surface area contributed by atoms with Gasteiger partial charge in [0.05, 0.1) is 18.8 Å². The van der Waals surface area contributed by atoms with Gasteiger partial charge in [0.1, 0.15) is 0 Å². The molecule has 0 aliphatic heterocycles.